The van der Waals surface area contributed by atoms with Crippen LogP contribution in [0.1, 0.15) is 11.1 Å². The molecule has 8 nitrogen and oxygen atoms in total. The molecule has 208 valence electrons. The van der Waals surface area contributed by atoms with E-state index in [1.54, 1.807) is 60.1 Å². The summed E-state index contributed by atoms with van der Waals surface area (Å²) in [5, 5.41) is 9.64. The van der Waals surface area contributed by atoms with Crippen molar-refractivity contribution in [2.75, 3.05) is 6.61 Å². The standard InChI is InChI=1S/C32H29N3O5S/c36-32(34-37)19-12-23-10-15-28(16-11-23)40-22-27(20-26-21-33-31-9-5-4-8-30(26)31)35-41(38,39)29-17-13-25(14-18-29)24-6-2-1-3-7-24/h1-19,21,27,33,35,37H,20,22H2,(H,34,36)/b19-12+/t27-/m0/s1. The number of nitrogens with one attached hydrogen (secondary N) is 3. The number of carbonyl (C=O) groups excluding carboxylic acids is 1. The molecule has 5 rings (SSSR count). The minimum absolute atomic E-state index is 0.0863. The Hall–Kier alpha value is -4.70. The average molecular weight is 568 g/mol. The van der Waals surface area contributed by atoms with Crippen LogP contribution in [-0.2, 0) is 21.2 Å². The van der Waals surface area contributed by atoms with Gasteiger partial charge in [0, 0.05) is 23.2 Å². The number of hydroxylamine groups is 1. The van der Waals surface area contributed by atoms with Crippen LogP contribution in [0.5, 0.6) is 5.75 Å². The first-order valence-corrected chi connectivity index (χ1v) is 14.5. The van der Waals surface area contributed by atoms with E-state index in [9.17, 15) is 13.2 Å². The van der Waals surface area contributed by atoms with Crippen LogP contribution < -0.4 is 14.9 Å². The highest BCUT2D eigenvalue weighted by molar-refractivity contribution is 7.89. The van der Waals surface area contributed by atoms with Crippen LogP contribution in [0.2, 0.25) is 0 Å². The van der Waals surface area contributed by atoms with Gasteiger partial charge < -0.3 is 9.72 Å². The third-order valence-corrected chi connectivity index (χ3v) is 8.14. The molecule has 0 radical (unpaired) electrons. The SMILES string of the molecule is O=C(/C=C/c1ccc(OC[C@H](Cc2c[nH]c3ccccc23)NS(=O)(=O)c2ccc(-c3ccccc3)cc2)cc1)NO. The molecule has 1 aromatic heterocycles. The molecular weight excluding hydrogens is 538 g/mol. The molecule has 0 spiro atoms. The number of rotatable bonds is 11. The summed E-state index contributed by atoms with van der Waals surface area (Å²) in [5.74, 6) is -0.0865. The summed E-state index contributed by atoms with van der Waals surface area (Å²) in [6.07, 6.45) is 5.05. The Bertz CT molecular complexity index is 1750. The number of para-hydroxylation sites is 1. The molecule has 5 aromatic rings. The van der Waals surface area contributed by atoms with Gasteiger partial charge in [-0.2, -0.15) is 0 Å². The predicted molar refractivity (Wildman–Crippen MR) is 159 cm³/mol. The minimum Gasteiger partial charge on any atom is -0.492 e. The second-order valence-electron chi connectivity index (χ2n) is 9.46. The van der Waals surface area contributed by atoms with Gasteiger partial charge in [-0.15, -0.1) is 0 Å². The number of hydrogen-bond donors (Lipinski definition) is 4. The summed E-state index contributed by atoms with van der Waals surface area (Å²) in [4.78, 5) is 14.6. The molecule has 0 fully saturated rings. The van der Waals surface area contributed by atoms with E-state index in [1.165, 1.54) is 6.08 Å². The Balaban J connectivity index is 1.34. The lowest BCUT2D eigenvalue weighted by Gasteiger charge is -2.20. The van der Waals surface area contributed by atoms with Gasteiger partial charge in [0.2, 0.25) is 10.0 Å². The lowest BCUT2D eigenvalue weighted by atomic mass is 10.1. The average Bonchev–Trinajstić information content (AvgIpc) is 3.42. The van der Waals surface area contributed by atoms with Crippen molar-refractivity contribution >= 4 is 32.9 Å². The van der Waals surface area contributed by atoms with Gasteiger partial charge in [-0.25, -0.2) is 18.6 Å². The van der Waals surface area contributed by atoms with Crippen molar-refractivity contribution in [2.45, 2.75) is 17.4 Å². The molecule has 0 bridgehead atoms. The Morgan fingerprint density at radius 3 is 2.29 bits per heavy atom. The normalized spacial score (nSPS) is 12.4. The van der Waals surface area contributed by atoms with Gasteiger partial charge in [0.1, 0.15) is 12.4 Å². The van der Waals surface area contributed by atoms with Crippen LogP contribution in [0, 0.1) is 0 Å². The van der Waals surface area contributed by atoms with Crippen LogP contribution in [0.3, 0.4) is 0 Å². The summed E-state index contributed by atoms with van der Waals surface area (Å²) in [6.45, 7) is 0.0863. The van der Waals surface area contributed by atoms with E-state index in [-0.39, 0.29) is 11.5 Å². The maximum absolute atomic E-state index is 13.5. The highest BCUT2D eigenvalue weighted by atomic mass is 32.2. The van der Waals surface area contributed by atoms with Crippen molar-refractivity contribution in [3.05, 3.63) is 127 Å². The van der Waals surface area contributed by atoms with E-state index in [0.717, 1.165) is 33.2 Å². The topological polar surface area (TPSA) is 121 Å². The summed E-state index contributed by atoms with van der Waals surface area (Å²) in [5.41, 5.74) is 6.15. The van der Waals surface area contributed by atoms with Crippen LogP contribution in [-0.4, -0.2) is 37.2 Å². The molecule has 0 saturated heterocycles. The van der Waals surface area contributed by atoms with Crippen molar-refractivity contribution in [1.82, 2.24) is 15.2 Å². The smallest absolute Gasteiger partial charge is 0.267 e. The third-order valence-electron chi connectivity index (χ3n) is 6.60. The van der Waals surface area contributed by atoms with Gasteiger partial charge in [0.15, 0.2) is 0 Å². The number of aromatic amines is 1. The number of fused-ring (bicyclic) bond motifs is 1. The summed E-state index contributed by atoms with van der Waals surface area (Å²) in [6, 6.07) is 30.9. The first-order chi connectivity index (χ1) is 19.9. The largest absolute Gasteiger partial charge is 0.492 e. The first-order valence-electron chi connectivity index (χ1n) is 13.0. The fraction of sp³-hybridized carbons (Fsp3) is 0.0938. The second-order valence-corrected chi connectivity index (χ2v) is 11.2. The third kappa shape index (κ3) is 7.09. The zero-order chi connectivity index (χ0) is 28.7. The maximum atomic E-state index is 13.5. The number of aromatic nitrogens is 1. The molecule has 4 N–H and O–H groups in total. The Kier molecular flexibility index (Phi) is 8.59. The molecule has 0 aliphatic rings. The van der Waals surface area contributed by atoms with Gasteiger partial charge >= 0.3 is 0 Å². The minimum atomic E-state index is -3.85. The molecule has 4 aromatic carbocycles. The molecule has 9 heteroatoms. The van der Waals surface area contributed by atoms with Gasteiger partial charge in [0.25, 0.3) is 5.91 Å². The van der Waals surface area contributed by atoms with Gasteiger partial charge in [-0.3, -0.25) is 10.0 Å². The van der Waals surface area contributed by atoms with E-state index in [2.05, 4.69) is 9.71 Å². The molecule has 1 atom stereocenters. The van der Waals surface area contributed by atoms with Crippen molar-refractivity contribution < 1.29 is 23.2 Å². The number of H-pyrrole nitrogens is 1. The first kappa shape index (κ1) is 27.9. The molecule has 0 unspecified atom stereocenters. The molecule has 1 amide bonds. The fourth-order valence-electron chi connectivity index (χ4n) is 4.53. The highest BCUT2D eigenvalue weighted by Crippen LogP contribution is 2.23. The molecule has 0 saturated carbocycles. The number of sulfonamides is 1. The van der Waals surface area contributed by atoms with E-state index in [4.69, 9.17) is 9.94 Å². The lowest BCUT2D eigenvalue weighted by Crippen LogP contribution is -2.40. The van der Waals surface area contributed by atoms with Gasteiger partial charge in [0.05, 0.1) is 10.9 Å². The van der Waals surface area contributed by atoms with Gasteiger partial charge in [-0.05, 0) is 65.1 Å². The number of carbonyl (C=O) groups is 1. The fourth-order valence-corrected chi connectivity index (χ4v) is 5.75. The molecule has 1 heterocycles. The van der Waals surface area contributed by atoms with Crippen molar-refractivity contribution in [2.24, 2.45) is 0 Å². The zero-order valence-corrected chi connectivity index (χ0v) is 22.8. The molecule has 41 heavy (non-hydrogen) atoms. The summed E-state index contributed by atoms with van der Waals surface area (Å²) >= 11 is 0. The quantitative estimate of drug-likeness (QED) is 0.0978. The van der Waals surface area contributed by atoms with Crippen molar-refractivity contribution in [1.29, 1.82) is 0 Å². The van der Waals surface area contributed by atoms with Crippen LogP contribution in [0.15, 0.2) is 120 Å². The monoisotopic (exact) mass is 567 g/mol. The van der Waals surface area contributed by atoms with E-state index >= 15 is 0 Å². The van der Waals surface area contributed by atoms with Crippen LogP contribution >= 0.6 is 0 Å². The second kappa shape index (κ2) is 12.6. The molecule has 0 aliphatic carbocycles. The zero-order valence-electron chi connectivity index (χ0n) is 22.0. The highest BCUT2D eigenvalue weighted by Gasteiger charge is 2.22. The van der Waals surface area contributed by atoms with E-state index in [1.807, 2.05) is 60.8 Å². The maximum Gasteiger partial charge on any atom is 0.267 e. The van der Waals surface area contributed by atoms with Crippen LogP contribution in [0.25, 0.3) is 28.1 Å². The Morgan fingerprint density at radius 2 is 1.56 bits per heavy atom. The summed E-state index contributed by atoms with van der Waals surface area (Å²) < 4.78 is 35.8. The number of hydrogen-bond acceptors (Lipinski definition) is 5. The molecular formula is C32H29N3O5S. The predicted octanol–water partition coefficient (Wildman–Crippen LogP) is 5.32. The van der Waals surface area contributed by atoms with Crippen LogP contribution in [0.4, 0.5) is 0 Å². The molecule has 0 aliphatic heterocycles. The Labute approximate surface area is 238 Å². The number of benzene rings is 4. The van der Waals surface area contributed by atoms with Gasteiger partial charge in [-0.1, -0.05) is 72.8 Å². The van der Waals surface area contributed by atoms with E-state index < -0.39 is 22.0 Å². The number of ether oxygens (including phenoxy) is 1. The van der Waals surface area contributed by atoms with E-state index in [0.29, 0.717) is 12.2 Å². The lowest BCUT2D eigenvalue weighted by molar-refractivity contribution is -0.124. The van der Waals surface area contributed by atoms with Crippen molar-refractivity contribution in [3.63, 3.8) is 0 Å². The van der Waals surface area contributed by atoms with Crippen molar-refractivity contribution in [3.8, 4) is 16.9 Å². The number of amides is 1. The Morgan fingerprint density at radius 1 is 0.878 bits per heavy atom. The summed E-state index contributed by atoms with van der Waals surface area (Å²) in [7, 11) is -3.85.